The highest BCUT2D eigenvalue weighted by Crippen LogP contribution is 2.26. The predicted molar refractivity (Wildman–Crippen MR) is 107 cm³/mol. The summed E-state index contributed by atoms with van der Waals surface area (Å²) in [7, 11) is -3.88. The molecular formula is C20H19F3N2O6S. The van der Waals surface area contributed by atoms with Crippen molar-refractivity contribution in [3.05, 3.63) is 59.7 Å². The Morgan fingerprint density at radius 1 is 1.09 bits per heavy atom. The summed E-state index contributed by atoms with van der Waals surface area (Å²) >= 11 is 0. The fourth-order valence-electron chi connectivity index (χ4n) is 3.03. The lowest BCUT2D eigenvalue weighted by molar-refractivity contribution is -0.274. The molecule has 0 unspecified atom stereocenters. The molecule has 2 aromatic carbocycles. The van der Waals surface area contributed by atoms with Crippen LogP contribution in [0, 0.1) is 0 Å². The van der Waals surface area contributed by atoms with Crippen LogP contribution in [0.4, 0.5) is 13.2 Å². The van der Waals surface area contributed by atoms with E-state index in [9.17, 15) is 26.4 Å². The van der Waals surface area contributed by atoms with E-state index >= 15 is 0 Å². The molecule has 1 heterocycles. The van der Waals surface area contributed by atoms with Gasteiger partial charge in [0.1, 0.15) is 12.4 Å². The van der Waals surface area contributed by atoms with Crippen LogP contribution in [0.1, 0.15) is 28.8 Å². The molecule has 0 saturated carbocycles. The Morgan fingerprint density at radius 2 is 1.75 bits per heavy atom. The number of carboxylic acids is 1. The molecule has 1 fully saturated rings. The van der Waals surface area contributed by atoms with Crippen molar-refractivity contribution < 1.29 is 41.1 Å². The van der Waals surface area contributed by atoms with Crippen LogP contribution >= 0.6 is 0 Å². The lowest BCUT2D eigenvalue weighted by atomic mass is 10.1. The fourth-order valence-corrected chi connectivity index (χ4v) is 4.47. The summed E-state index contributed by atoms with van der Waals surface area (Å²) in [5.74, 6) is -1.55. The zero-order valence-corrected chi connectivity index (χ0v) is 17.4. The second-order valence-electron chi connectivity index (χ2n) is 6.86. The molecule has 1 N–H and O–H groups in total. The van der Waals surface area contributed by atoms with Crippen molar-refractivity contribution in [2.24, 2.45) is 5.16 Å². The number of benzene rings is 2. The van der Waals surface area contributed by atoms with Crippen LogP contribution in [-0.4, -0.2) is 49.0 Å². The first-order chi connectivity index (χ1) is 15.0. The van der Waals surface area contributed by atoms with Gasteiger partial charge in [-0.25, -0.2) is 13.2 Å². The molecule has 8 nitrogen and oxygen atoms in total. The first kappa shape index (κ1) is 23.5. The Kier molecular flexibility index (Phi) is 7.04. The van der Waals surface area contributed by atoms with Crippen molar-refractivity contribution in [2.75, 3.05) is 13.1 Å². The Bertz CT molecular complexity index is 1090. The van der Waals surface area contributed by atoms with Gasteiger partial charge in [-0.15, -0.1) is 13.2 Å². The Hall–Kier alpha value is -3.12. The van der Waals surface area contributed by atoms with E-state index in [1.54, 1.807) is 12.1 Å². The van der Waals surface area contributed by atoms with E-state index in [1.807, 2.05) is 0 Å². The molecule has 1 aliphatic heterocycles. The highest BCUT2D eigenvalue weighted by molar-refractivity contribution is 7.89. The van der Waals surface area contributed by atoms with Crippen molar-refractivity contribution in [1.82, 2.24) is 4.31 Å². The number of hydrogen-bond acceptors (Lipinski definition) is 6. The molecule has 0 aromatic heterocycles. The van der Waals surface area contributed by atoms with Gasteiger partial charge in [0.25, 0.3) is 0 Å². The smallest absolute Gasteiger partial charge is 0.478 e. The van der Waals surface area contributed by atoms with Gasteiger partial charge >= 0.3 is 12.3 Å². The number of carbonyl (C=O) groups is 1. The van der Waals surface area contributed by atoms with Crippen LogP contribution in [0.15, 0.2) is 58.6 Å². The number of piperidine rings is 1. The largest absolute Gasteiger partial charge is 0.573 e. The van der Waals surface area contributed by atoms with Gasteiger partial charge in [0.05, 0.1) is 16.2 Å². The number of ether oxygens (including phenoxy) is 1. The van der Waals surface area contributed by atoms with Gasteiger partial charge in [0, 0.05) is 25.9 Å². The summed E-state index contributed by atoms with van der Waals surface area (Å²) < 4.78 is 67.1. The maximum Gasteiger partial charge on any atom is 0.573 e. The fraction of sp³-hybridized carbons (Fsp3) is 0.300. The highest BCUT2D eigenvalue weighted by atomic mass is 32.2. The zero-order valence-electron chi connectivity index (χ0n) is 16.6. The molecular weight excluding hydrogens is 453 g/mol. The van der Waals surface area contributed by atoms with Crippen LogP contribution in [0.3, 0.4) is 0 Å². The monoisotopic (exact) mass is 472 g/mol. The predicted octanol–water partition coefficient (Wildman–Crippen LogP) is 3.64. The maximum atomic E-state index is 12.7. The molecule has 32 heavy (non-hydrogen) atoms. The van der Waals surface area contributed by atoms with Crippen molar-refractivity contribution in [3.8, 4) is 5.75 Å². The van der Waals surface area contributed by atoms with Gasteiger partial charge in [0.2, 0.25) is 10.0 Å². The molecule has 0 radical (unpaired) electrons. The first-order valence-corrected chi connectivity index (χ1v) is 10.8. The van der Waals surface area contributed by atoms with Gasteiger partial charge in [0.15, 0.2) is 0 Å². The number of rotatable bonds is 7. The Morgan fingerprint density at radius 3 is 2.34 bits per heavy atom. The molecule has 0 spiro atoms. The quantitative estimate of drug-likeness (QED) is 0.617. The van der Waals surface area contributed by atoms with Gasteiger partial charge in [-0.3, -0.25) is 0 Å². The average Bonchev–Trinajstić information content (AvgIpc) is 2.73. The van der Waals surface area contributed by atoms with E-state index in [4.69, 9.17) is 9.94 Å². The van der Waals surface area contributed by atoms with Gasteiger partial charge in [-0.05, 0) is 42.0 Å². The Balaban J connectivity index is 1.55. The standard InChI is InChI=1S/C20H19F3N2O6S/c21-20(22,23)31-17-4-6-18(7-5-17)32(28,29)25-10-8-16(9-11-25)24-30-13-14-2-1-3-15(12-14)19(26)27/h1-7,12H,8-11,13H2,(H,26,27). The number of oxime groups is 1. The number of sulfonamides is 1. The summed E-state index contributed by atoms with van der Waals surface area (Å²) in [4.78, 5) is 16.1. The first-order valence-electron chi connectivity index (χ1n) is 9.40. The summed E-state index contributed by atoms with van der Waals surface area (Å²) in [6.07, 6.45) is -4.21. The third-order valence-electron chi connectivity index (χ3n) is 4.59. The topological polar surface area (TPSA) is 106 Å². The molecule has 0 bridgehead atoms. The van der Waals surface area contributed by atoms with Gasteiger partial charge in [-0.2, -0.15) is 4.31 Å². The minimum atomic E-state index is -4.86. The van der Waals surface area contributed by atoms with E-state index in [2.05, 4.69) is 9.89 Å². The van der Waals surface area contributed by atoms with Crippen molar-refractivity contribution in [1.29, 1.82) is 0 Å². The van der Waals surface area contributed by atoms with Gasteiger partial charge < -0.3 is 14.7 Å². The summed E-state index contributed by atoms with van der Waals surface area (Å²) in [6.45, 7) is 0.346. The molecule has 1 aliphatic rings. The van der Waals surface area contributed by atoms with E-state index in [1.165, 1.54) is 16.4 Å². The molecule has 2 aromatic rings. The van der Waals surface area contributed by atoms with Crippen molar-refractivity contribution >= 4 is 21.7 Å². The number of hydrogen-bond donors (Lipinski definition) is 1. The SMILES string of the molecule is O=C(O)c1cccc(CON=C2CCN(S(=O)(=O)c3ccc(OC(F)(F)F)cc3)CC2)c1. The third-order valence-corrected chi connectivity index (χ3v) is 6.51. The maximum absolute atomic E-state index is 12.7. The van der Waals surface area contributed by atoms with E-state index < -0.39 is 28.1 Å². The molecule has 0 aliphatic carbocycles. The number of nitrogens with zero attached hydrogens (tertiary/aromatic N) is 2. The second-order valence-corrected chi connectivity index (χ2v) is 8.80. The number of aromatic carboxylic acids is 1. The lowest BCUT2D eigenvalue weighted by Crippen LogP contribution is -2.38. The average molecular weight is 472 g/mol. The lowest BCUT2D eigenvalue weighted by Gasteiger charge is -2.26. The van der Waals surface area contributed by atoms with Gasteiger partial charge in [-0.1, -0.05) is 17.3 Å². The number of halogens is 3. The summed E-state index contributed by atoms with van der Waals surface area (Å²) in [5.41, 5.74) is 1.42. The number of carboxylic acid groups (broad SMARTS) is 1. The minimum absolute atomic E-state index is 0.0684. The summed E-state index contributed by atoms with van der Waals surface area (Å²) in [5, 5.41) is 13.0. The van der Waals surface area contributed by atoms with E-state index in [0.29, 0.717) is 24.1 Å². The highest BCUT2D eigenvalue weighted by Gasteiger charge is 2.32. The zero-order chi connectivity index (χ0) is 23.4. The molecule has 1 saturated heterocycles. The normalized spacial score (nSPS) is 15.3. The van der Waals surface area contributed by atoms with Crippen molar-refractivity contribution in [3.63, 3.8) is 0 Å². The van der Waals surface area contributed by atoms with Crippen molar-refractivity contribution in [2.45, 2.75) is 30.7 Å². The van der Waals surface area contributed by atoms with Crippen LogP contribution in [0.2, 0.25) is 0 Å². The molecule has 0 amide bonds. The Labute approximate surface area is 181 Å². The van der Waals surface area contributed by atoms with E-state index in [0.717, 1.165) is 24.3 Å². The number of alkyl halides is 3. The summed E-state index contributed by atoms with van der Waals surface area (Å²) in [6, 6.07) is 10.3. The van der Waals surface area contributed by atoms with Crippen LogP contribution in [-0.2, 0) is 21.5 Å². The molecule has 172 valence electrons. The second kappa shape index (κ2) is 9.57. The van der Waals surface area contributed by atoms with Crippen LogP contribution in [0.25, 0.3) is 0 Å². The third kappa shape index (κ3) is 6.20. The van der Waals surface area contributed by atoms with E-state index in [-0.39, 0.29) is 30.2 Å². The molecule has 12 heteroatoms. The van der Waals surface area contributed by atoms with Crippen LogP contribution < -0.4 is 4.74 Å². The van der Waals surface area contributed by atoms with Crippen LogP contribution in [0.5, 0.6) is 5.75 Å². The molecule has 0 atom stereocenters. The molecule has 3 rings (SSSR count). The minimum Gasteiger partial charge on any atom is -0.478 e.